The molecule has 0 radical (unpaired) electrons. The van der Waals surface area contributed by atoms with E-state index in [1.165, 1.54) is 26.0 Å². The van der Waals surface area contributed by atoms with E-state index < -0.39 is 5.97 Å². The van der Waals surface area contributed by atoms with Crippen molar-refractivity contribution in [3.05, 3.63) is 52.9 Å². The quantitative estimate of drug-likeness (QED) is 0.440. The number of hydrogen-bond donors (Lipinski definition) is 0. The number of aliphatic imine (C=N–C) groups is 1. The predicted octanol–water partition coefficient (Wildman–Crippen LogP) is 3.88. The molecule has 0 atom stereocenters. The Hall–Kier alpha value is -3.46. The molecule has 0 spiro atoms. The minimum atomic E-state index is -0.491. The maximum absolute atomic E-state index is 12.9. The maximum atomic E-state index is 12.9. The lowest BCUT2D eigenvalue weighted by atomic mass is 10.2. The Balaban J connectivity index is 1.83. The molecule has 1 amide bonds. The van der Waals surface area contributed by atoms with Gasteiger partial charge in [-0.25, -0.2) is 9.79 Å². The molecule has 2 aromatic rings. The SMILES string of the molecule is CCN1C(=O)/C(=C/c2ccc(OCC(=O)OC)c(OC)c2)SC1=Nc1ccc(OC)cc1. The van der Waals surface area contributed by atoms with Crippen LogP contribution >= 0.6 is 11.8 Å². The lowest BCUT2D eigenvalue weighted by Crippen LogP contribution is -2.28. The van der Waals surface area contributed by atoms with E-state index in [1.807, 2.05) is 31.2 Å². The van der Waals surface area contributed by atoms with Gasteiger partial charge in [-0.15, -0.1) is 0 Å². The number of rotatable bonds is 8. The first-order valence-corrected chi connectivity index (χ1v) is 10.6. The molecule has 1 saturated heterocycles. The van der Waals surface area contributed by atoms with Crippen molar-refractivity contribution in [2.75, 3.05) is 34.5 Å². The van der Waals surface area contributed by atoms with Crippen molar-refractivity contribution in [1.29, 1.82) is 0 Å². The minimum Gasteiger partial charge on any atom is -0.497 e. The van der Waals surface area contributed by atoms with Gasteiger partial charge in [-0.3, -0.25) is 9.69 Å². The molecule has 32 heavy (non-hydrogen) atoms. The molecule has 1 aliphatic heterocycles. The third kappa shape index (κ3) is 5.42. The third-order valence-corrected chi connectivity index (χ3v) is 5.57. The van der Waals surface area contributed by atoms with Crippen LogP contribution in [-0.2, 0) is 14.3 Å². The molecule has 1 aliphatic rings. The van der Waals surface area contributed by atoms with Gasteiger partial charge in [-0.05, 0) is 66.7 Å². The first-order chi connectivity index (χ1) is 15.5. The van der Waals surface area contributed by atoms with Gasteiger partial charge >= 0.3 is 5.97 Å². The fourth-order valence-corrected chi connectivity index (χ4v) is 3.94. The summed E-state index contributed by atoms with van der Waals surface area (Å²) in [4.78, 5) is 31.0. The summed E-state index contributed by atoms with van der Waals surface area (Å²) in [5.41, 5.74) is 1.49. The number of ether oxygens (including phenoxy) is 4. The Labute approximate surface area is 190 Å². The summed E-state index contributed by atoms with van der Waals surface area (Å²) in [7, 11) is 4.40. The van der Waals surface area contributed by atoms with Crippen LogP contribution in [0.25, 0.3) is 6.08 Å². The summed E-state index contributed by atoms with van der Waals surface area (Å²) < 4.78 is 20.5. The van der Waals surface area contributed by atoms with E-state index >= 15 is 0 Å². The monoisotopic (exact) mass is 456 g/mol. The van der Waals surface area contributed by atoms with Crippen molar-refractivity contribution in [2.24, 2.45) is 4.99 Å². The van der Waals surface area contributed by atoms with Gasteiger partial charge < -0.3 is 18.9 Å². The molecular weight excluding hydrogens is 432 g/mol. The average molecular weight is 457 g/mol. The van der Waals surface area contributed by atoms with Gasteiger partial charge in [0.15, 0.2) is 23.3 Å². The van der Waals surface area contributed by atoms with Crippen molar-refractivity contribution >= 4 is 40.6 Å². The lowest BCUT2D eigenvalue weighted by molar-refractivity contribution is -0.142. The van der Waals surface area contributed by atoms with Crippen LogP contribution in [0.15, 0.2) is 52.4 Å². The Morgan fingerprint density at radius 1 is 1.06 bits per heavy atom. The molecule has 0 bridgehead atoms. The number of benzene rings is 2. The van der Waals surface area contributed by atoms with Crippen LogP contribution in [-0.4, -0.2) is 56.4 Å². The van der Waals surface area contributed by atoms with Crippen molar-refractivity contribution in [1.82, 2.24) is 4.90 Å². The number of thioether (sulfide) groups is 1. The fraction of sp³-hybridized carbons (Fsp3) is 0.261. The van der Waals surface area contributed by atoms with E-state index in [1.54, 1.807) is 36.3 Å². The summed E-state index contributed by atoms with van der Waals surface area (Å²) >= 11 is 1.31. The van der Waals surface area contributed by atoms with Crippen molar-refractivity contribution < 1.29 is 28.5 Å². The summed E-state index contributed by atoms with van der Waals surface area (Å²) in [6, 6.07) is 12.5. The van der Waals surface area contributed by atoms with Crippen LogP contribution in [0, 0.1) is 0 Å². The number of methoxy groups -OCH3 is 3. The van der Waals surface area contributed by atoms with Crippen LogP contribution in [0.5, 0.6) is 17.2 Å². The lowest BCUT2D eigenvalue weighted by Gasteiger charge is -2.12. The summed E-state index contributed by atoms with van der Waals surface area (Å²) in [6.07, 6.45) is 1.78. The minimum absolute atomic E-state index is 0.116. The average Bonchev–Trinajstić information content (AvgIpc) is 3.11. The molecule has 8 nitrogen and oxygen atoms in total. The predicted molar refractivity (Wildman–Crippen MR) is 124 cm³/mol. The number of nitrogens with zero attached hydrogens (tertiary/aromatic N) is 2. The number of amides is 1. The zero-order valence-electron chi connectivity index (χ0n) is 18.3. The van der Waals surface area contributed by atoms with E-state index in [0.717, 1.165) is 17.0 Å². The normalized spacial score (nSPS) is 15.9. The molecule has 2 aromatic carbocycles. The highest BCUT2D eigenvalue weighted by Gasteiger charge is 2.32. The van der Waals surface area contributed by atoms with Crippen LogP contribution in [0.3, 0.4) is 0 Å². The summed E-state index contributed by atoms with van der Waals surface area (Å²) in [6.45, 7) is 2.18. The standard InChI is InChI=1S/C23H24N2O6S/c1-5-25-22(27)20(32-23(25)24-16-7-9-17(28-2)10-8-16)13-15-6-11-18(19(12-15)29-3)31-14-21(26)30-4/h6-13H,5,14H2,1-4H3/b20-13-,24-23?. The number of carbonyl (C=O) groups is 2. The number of amidine groups is 1. The van der Waals surface area contributed by atoms with Gasteiger partial charge in [0.2, 0.25) is 0 Å². The van der Waals surface area contributed by atoms with Crippen LogP contribution in [0.2, 0.25) is 0 Å². The third-order valence-electron chi connectivity index (χ3n) is 4.56. The van der Waals surface area contributed by atoms with Crippen LogP contribution < -0.4 is 14.2 Å². The van der Waals surface area contributed by atoms with Crippen molar-refractivity contribution in [3.63, 3.8) is 0 Å². The molecule has 1 heterocycles. The Kier molecular flexibility index (Phi) is 7.77. The first-order valence-electron chi connectivity index (χ1n) is 9.80. The smallest absolute Gasteiger partial charge is 0.343 e. The zero-order chi connectivity index (χ0) is 23.1. The molecular formula is C23H24N2O6S. The van der Waals surface area contributed by atoms with Gasteiger partial charge in [0, 0.05) is 6.54 Å². The van der Waals surface area contributed by atoms with Crippen molar-refractivity contribution in [2.45, 2.75) is 6.92 Å². The van der Waals surface area contributed by atoms with E-state index in [0.29, 0.717) is 28.1 Å². The van der Waals surface area contributed by atoms with E-state index in [9.17, 15) is 9.59 Å². The van der Waals surface area contributed by atoms with Gasteiger partial charge in [0.25, 0.3) is 5.91 Å². The number of hydrogen-bond acceptors (Lipinski definition) is 8. The molecule has 1 fully saturated rings. The zero-order valence-corrected chi connectivity index (χ0v) is 19.1. The molecule has 0 aromatic heterocycles. The summed E-state index contributed by atoms with van der Waals surface area (Å²) in [5, 5.41) is 0.610. The summed E-state index contributed by atoms with van der Waals surface area (Å²) in [5.74, 6) is 0.981. The molecule has 0 aliphatic carbocycles. The van der Waals surface area contributed by atoms with E-state index in [4.69, 9.17) is 14.2 Å². The second-order valence-electron chi connectivity index (χ2n) is 6.53. The second-order valence-corrected chi connectivity index (χ2v) is 7.54. The van der Waals surface area contributed by atoms with Gasteiger partial charge in [-0.1, -0.05) is 6.07 Å². The number of carbonyl (C=O) groups excluding carboxylic acids is 2. The highest BCUT2D eigenvalue weighted by molar-refractivity contribution is 8.18. The molecule has 0 N–H and O–H groups in total. The first kappa shape index (κ1) is 23.2. The van der Waals surface area contributed by atoms with Gasteiger partial charge in [0.1, 0.15) is 5.75 Å². The molecule has 3 rings (SSSR count). The second kappa shape index (κ2) is 10.7. The van der Waals surface area contributed by atoms with E-state index in [-0.39, 0.29) is 12.5 Å². The van der Waals surface area contributed by atoms with Crippen LogP contribution in [0.4, 0.5) is 5.69 Å². The highest BCUT2D eigenvalue weighted by atomic mass is 32.2. The number of likely N-dealkylation sites (N-methyl/N-ethyl adjacent to an activating group) is 1. The molecule has 168 valence electrons. The van der Waals surface area contributed by atoms with E-state index in [2.05, 4.69) is 9.73 Å². The van der Waals surface area contributed by atoms with Gasteiger partial charge in [-0.2, -0.15) is 0 Å². The fourth-order valence-electron chi connectivity index (χ4n) is 2.88. The highest BCUT2D eigenvalue weighted by Crippen LogP contribution is 2.36. The number of esters is 1. The molecule has 0 unspecified atom stereocenters. The Morgan fingerprint density at radius 3 is 2.44 bits per heavy atom. The topological polar surface area (TPSA) is 86.7 Å². The largest absolute Gasteiger partial charge is 0.497 e. The Bertz CT molecular complexity index is 1050. The van der Waals surface area contributed by atoms with Gasteiger partial charge in [0.05, 0.1) is 31.9 Å². The molecule has 9 heteroatoms. The molecule has 0 saturated carbocycles. The van der Waals surface area contributed by atoms with Crippen molar-refractivity contribution in [3.8, 4) is 17.2 Å². The van der Waals surface area contributed by atoms with Crippen LogP contribution in [0.1, 0.15) is 12.5 Å². The Morgan fingerprint density at radius 2 is 1.81 bits per heavy atom. The maximum Gasteiger partial charge on any atom is 0.343 e.